The second-order valence-electron chi connectivity index (χ2n) is 6.36. The van der Waals surface area contributed by atoms with E-state index in [1.807, 2.05) is 0 Å². The molecule has 0 unspecified atom stereocenters. The van der Waals surface area contributed by atoms with Gasteiger partial charge in [0.15, 0.2) is 6.10 Å². The number of amides is 1. The average Bonchev–Trinajstić information content (AvgIpc) is 2.68. The lowest BCUT2D eigenvalue weighted by Crippen LogP contribution is -2.30. The van der Waals surface area contributed by atoms with Gasteiger partial charge in [0.2, 0.25) is 5.95 Å². The lowest BCUT2D eigenvalue weighted by Gasteiger charge is -2.15. The first-order valence-corrected chi connectivity index (χ1v) is 10.7. The lowest BCUT2D eigenvalue weighted by molar-refractivity contribution is -0.122. The molecule has 2 N–H and O–H groups in total. The molecule has 0 spiro atoms. The first-order chi connectivity index (χ1) is 14.2. The number of nitrogens with one attached hydrogen (secondary N) is 2. The van der Waals surface area contributed by atoms with Crippen LogP contribution in [0.3, 0.4) is 0 Å². The predicted octanol–water partition coefficient (Wildman–Crippen LogP) is 3.65. The van der Waals surface area contributed by atoms with E-state index in [2.05, 4.69) is 20.0 Å². The highest BCUT2D eigenvalue weighted by atomic mass is 35.5. The van der Waals surface area contributed by atoms with Gasteiger partial charge in [0.25, 0.3) is 15.9 Å². The summed E-state index contributed by atoms with van der Waals surface area (Å²) in [5.74, 6) is 0.0623. The van der Waals surface area contributed by atoms with Crippen LogP contribution in [0, 0.1) is 6.92 Å². The zero-order chi connectivity index (χ0) is 21.7. The van der Waals surface area contributed by atoms with Crippen molar-refractivity contribution in [2.45, 2.75) is 24.8 Å². The van der Waals surface area contributed by atoms with Crippen molar-refractivity contribution in [1.82, 2.24) is 9.97 Å². The van der Waals surface area contributed by atoms with Gasteiger partial charge in [-0.25, -0.2) is 23.1 Å². The molecule has 1 atom stereocenters. The van der Waals surface area contributed by atoms with Crippen LogP contribution < -0.4 is 14.8 Å². The molecule has 30 heavy (non-hydrogen) atoms. The summed E-state index contributed by atoms with van der Waals surface area (Å²) in [6, 6.07) is 14.1. The van der Waals surface area contributed by atoms with Gasteiger partial charge >= 0.3 is 0 Å². The molecule has 2 aromatic carbocycles. The Balaban J connectivity index is 1.64. The number of aryl methyl sites for hydroxylation is 1. The van der Waals surface area contributed by atoms with E-state index in [1.54, 1.807) is 44.2 Å². The van der Waals surface area contributed by atoms with E-state index in [-0.39, 0.29) is 10.8 Å². The fraction of sp³-hybridized carbons (Fsp3) is 0.150. The van der Waals surface area contributed by atoms with Crippen LogP contribution >= 0.6 is 11.6 Å². The van der Waals surface area contributed by atoms with Crippen LogP contribution in [0.1, 0.15) is 12.6 Å². The molecule has 0 fully saturated rings. The summed E-state index contributed by atoms with van der Waals surface area (Å²) in [5, 5.41) is 3.18. The quantitative estimate of drug-likeness (QED) is 0.573. The molecular formula is C20H19ClN4O4S. The van der Waals surface area contributed by atoms with Gasteiger partial charge in [-0.3, -0.25) is 4.79 Å². The monoisotopic (exact) mass is 446 g/mol. The second kappa shape index (κ2) is 9.10. The number of halogens is 1. The Labute approximate surface area is 179 Å². The standard InChI is InChI=1S/C20H19ClN4O4S/c1-13-10-11-22-20(23-13)25-30(27,28)18-8-6-16(7-9-18)24-19(26)14(2)29-17-5-3-4-15(21)12-17/h3-12,14H,1-2H3,(H,24,26)(H,22,23,25)/t14-/m1/s1. The van der Waals surface area contributed by atoms with E-state index in [9.17, 15) is 13.2 Å². The minimum atomic E-state index is -3.86. The van der Waals surface area contributed by atoms with Gasteiger partial charge in [0.1, 0.15) is 5.75 Å². The molecule has 0 radical (unpaired) electrons. The Bertz CT molecular complexity index is 1150. The molecule has 0 aliphatic rings. The van der Waals surface area contributed by atoms with Crippen LogP contribution in [0.25, 0.3) is 0 Å². The molecule has 0 bridgehead atoms. The summed E-state index contributed by atoms with van der Waals surface area (Å²) >= 11 is 5.91. The molecule has 0 aliphatic heterocycles. The third-order valence-electron chi connectivity index (χ3n) is 3.93. The van der Waals surface area contributed by atoms with Crippen molar-refractivity contribution in [3.05, 3.63) is 71.5 Å². The predicted molar refractivity (Wildman–Crippen MR) is 114 cm³/mol. The molecule has 156 valence electrons. The smallest absolute Gasteiger partial charge is 0.265 e. The maximum Gasteiger partial charge on any atom is 0.265 e. The number of hydrogen-bond acceptors (Lipinski definition) is 6. The Kier molecular flexibility index (Phi) is 6.53. The molecule has 1 aromatic heterocycles. The number of aromatic nitrogens is 2. The lowest BCUT2D eigenvalue weighted by atomic mass is 10.3. The van der Waals surface area contributed by atoms with Crippen molar-refractivity contribution in [1.29, 1.82) is 0 Å². The molecule has 3 aromatic rings. The average molecular weight is 447 g/mol. The number of hydrogen-bond donors (Lipinski definition) is 2. The molecule has 1 heterocycles. The first kappa shape index (κ1) is 21.5. The topological polar surface area (TPSA) is 110 Å². The van der Waals surface area contributed by atoms with E-state index in [0.29, 0.717) is 22.2 Å². The molecule has 1 amide bonds. The van der Waals surface area contributed by atoms with Crippen LogP contribution in [0.4, 0.5) is 11.6 Å². The number of ether oxygens (including phenoxy) is 1. The number of carbonyl (C=O) groups excluding carboxylic acids is 1. The van der Waals surface area contributed by atoms with Gasteiger partial charge in [-0.05, 0) is 62.4 Å². The number of rotatable bonds is 7. The molecule has 0 saturated heterocycles. The maximum atomic E-state index is 12.5. The Hall–Kier alpha value is -3.17. The Morgan fingerprint density at radius 1 is 1.13 bits per heavy atom. The Morgan fingerprint density at radius 3 is 2.53 bits per heavy atom. The van der Waals surface area contributed by atoms with Crippen LogP contribution in [-0.2, 0) is 14.8 Å². The van der Waals surface area contributed by atoms with Crippen molar-refractivity contribution in [3.8, 4) is 5.75 Å². The van der Waals surface area contributed by atoms with Crippen molar-refractivity contribution < 1.29 is 17.9 Å². The van der Waals surface area contributed by atoms with E-state index in [0.717, 1.165) is 0 Å². The first-order valence-electron chi connectivity index (χ1n) is 8.88. The molecule has 10 heteroatoms. The normalized spacial score (nSPS) is 12.1. The van der Waals surface area contributed by atoms with Gasteiger partial charge in [-0.15, -0.1) is 0 Å². The molecule has 0 aliphatic carbocycles. The van der Waals surface area contributed by atoms with Gasteiger partial charge < -0.3 is 10.1 Å². The summed E-state index contributed by atoms with van der Waals surface area (Å²) < 4.78 is 32.8. The molecule has 8 nitrogen and oxygen atoms in total. The largest absolute Gasteiger partial charge is 0.481 e. The second-order valence-corrected chi connectivity index (χ2v) is 8.48. The number of sulfonamides is 1. The fourth-order valence-corrected chi connectivity index (χ4v) is 3.57. The van der Waals surface area contributed by atoms with Crippen LogP contribution in [0.15, 0.2) is 65.7 Å². The highest BCUT2D eigenvalue weighted by Gasteiger charge is 2.18. The van der Waals surface area contributed by atoms with E-state index < -0.39 is 22.0 Å². The number of anilines is 2. The van der Waals surface area contributed by atoms with E-state index in [4.69, 9.17) is 16.3 Å². The third-order valence-corrected chi connectivity index (χ3v) is 5.51. The van der Waals surface area contributed by atoms with Gasteiger partial charge in [0.05, 0.1) is 4.90 Å². The summed E-state index contributed by atoms with van der Waals surface area (Å²) in [5.41, 5.74) is 1.06. The minimum Gasteiger partial charge on any atom is -0.481 e. The SMILES string of the molecule is Cc1ccnc(NS(=O)(=O)c2ccc(NC(=O)[C@@H](C)Oc3cccc(Cl)c3)cc2)n1. The fourth-order valence-electron chi connectivity index (χ4n) is 2.44. The number of benzene rings is 2. The van der Waals surface area contributed by atoms with E-state index >= 15 is 0 Å². The summed E-state index contributed by atoms with van der Waals surface area (Å²) in [6.07, 6.45) is 0.679. The van der Waals surface area contributed by atoms with Crippen LogP contribution in [0.5, 0.6) is 5.75 Å². The van der Waals surface area contributed by atoms with Crippen LogP contribution in [0.2, 0.25) is 5.02 Å². The zero-order valence-corrected chi connectivity index (χ0v) is 17.7. The number of nitrogens with zero attached hydrogens (tertiary/aromatic N) is 2. The van der Waals surface area contributed by atoms with Crippen molar-refractivity contribution in [2.24, 2.45) is 0 Å². The minimum absolute atomic E-state index is 0.00818. The zero-order valence-electron chi connectivity index (χ0n) is 16.2. The van der Waals surface area contributed by atoms with Gasteiger partial charge in [0, 0.05) is 22.6 Å². The van der Waals surface area contributed by atoms with Crippen molar-refractivity contribution >= 4 is 39.2 Å². The Morgan fingerprint density at radius 2 is 1.87 bits per heavy atom. The molecule has 0 saturated carbocycles. The van der Waals surface area contributed by atoms with E-state index in [1.165, 1.54) is 30.5 Å². The molecule has 3 rings (SSSR count). The van der Waals surface area contributed by atoms with Crippen molar-refractivity contribution in [2.75, 3.05) is 10.0 Å². The van der Waals surface area contributed by atoms with Gasteiger partial charge in [-0.2, -0.15) is 0 Å². The highest BCUT2D eigenvalue weighted by Crippen LogP contribution is 2.20. The van der Waals surface area contributed by atoms with Crippen molar-refractivity contribution in [3.63, 3.8) is 0 Å². The highest BCUT2D eigenvalue weighted by molar-refractivity contribution is 7.92. The van der Waals surface area contributed by atoms with Crippen LogP contribution in [-0.4, -0.2) is 30.4 Å². The molecular weight excluding hydrogens is 428 g/mol. The summed E-state index contributed by atoms with van der Waals surface area (Å²) in [6.45, 7) is 3.33. The number of carbonyl (C=O) groups is 1. The van der Waals surface area contributed by atoms with Gasteiger partial charge in [-0.1, -0.05) is 17.7 Å². The summed E-state index contributed by atoms with van der Waals surface area (Å²) in [7, 11) is -3.86. The maximum absolute atomic E-state index is 12.5. The summed E-state index contributed by atoms with van der Waals surface area (Å²) in [4.78, 5) is 20.3. The third kappa shape index (κ3) is 5.68.